The fraction of sp³-hybridized carbons (Fsp3) is 0.125. The van der Waals surface area contributed by atoms with E-state index in [2.05, 4.69) is 31.1 Å². The van der Waals surface area contributed by atoms with Gasteiger partial charge in [0.25, 0.3) is 5.56 Å². The quantitative estimate of drug-likeness (QED) is 0.778. The second kappa shape index (κ2) is 3.47. The van der Waals surface area contributed by atoms with E-state index in [1.165, 1.54) is 0 Å². The Kier molecular flexibility index (Phi) is 2.30. The monoisotopic (exact) mass is 254 g/mol. The minimum atomic E-state index is -0.301. The average Bonchev–Trinajstić information content (AvgIpc) is 2.18. The Morgan fingerprint density at radius 3 is 3.07 bits per heavy atom. The molecule has 0 aromatic carbocycles. The van der Waals surface area contributed by atoms with Crippen molar-refractivity contribution in [2.45, 2.75) is 6.54 Å². The predicted octanol–water partition coefficient (Wildman–Crippen LogP) is 0.539. The average molecular weight is 255 g/mol. The molecule has 72 valence electrons. The standard InChI is InChI=1S/C8H7BrN4O/c9-4-1-5-6(2-10)12-13-8(14)7(5)11-3-4/h1,3H,2,10H2,(H,13,14). The van der Waals surface area contributed by atoms with Crippen LogP contribution in [-0.4, -0.2) is 15.2 Å². The van der Waals surface area contributed by atoms with E-state index in [1.807, 2.05) is 0 Å². The lowest BCUT2D eigenvalue weighted by Gasteiger charge is -2.01. The van der Waals surface area contributed by atoms with Gasteiger partial charge in [-0.2, -0.15) is 5.10 Å². The maximum absolute atomic E-state index is 11.3. The Morgan fingerprint density at radius 2 is 2.36 bits per heavy atom. The lowest BCUT2D eigenvalue weighted by atomic mass is 10.2. The zero-order chi connectivity index (χ0) is 10.1. The van der Waals surface area contributed by atoms with Gasteiger partial charge in [0.05, 0.1) is 5.69 Å². The Morgan fingerprint density at radius 1 is 1.57 bits per heavy atom. The number of pyridine rings is 1. The summed E-state index contributed by atoms with van der Waals surface area (Å²) >= 11 is 3.28. The first-order valence-corrected chi connectivity index (χ1v) is 4.74. The van der Waals surface area contributed by atoms with Crippen molar-refractivity contribution in [1.29, 1.82) is 0 Å². The number of halogens is 1. The number of nitrogens with two attached hydrogens (primary N) is 1. The number of rotatable bonds is 1. The summed E-state index contributed by atoms with van der Waals surface area (Å²) in [7, 11) is 0. The van der Waals surface area contributed by atoms with Gasteiger partial charge in [-0.15, -0.1) is 0 Å². The molecule has 0 aliphatic carbocycles. The van der Waals surface area contributed by atoms with Gasteiger partial charge in [0, 0.05) is 22.6 Å². The fourth-order valence-corrected chi connectivity index (χ4v) is 1.56. The van der Waals surface area contributed by atoms with E-state index in [9.17, 15) is 4.79 Å². The number of nitrogens with one attached hydrogen (secondary N) is 1. The van der Waals surface area contributed by atoms with Crippen LogP contribution in [0.1, 0.15) is 5.69 Å². The van der Waals surface area contributed by atoms with Crippen molar-refractivity contribution in [3.63, 3.8) is 0 Å². The maximum atomic E-state index is 11.3. The summed E-state index contributed by atoms with van der Waals surface area (Å²) < 4.78 is 0.798. The molecule has 0 aliphatic rings. The van der Waals surface area contributed by atoms with E-state index in [0.717, 1.165) is 4.47 Å². The van der Waals surface area contributed by atoms with Crippen LogP contribution in [0.15, 0.2) is 21.5 Å². The molecule has 2 aromatic rings. The van der Waals surface area contributed by atoms with E-state index in [0.29, 0.717) is 16.6 Å². The van der Waals surface area contributed by atoms with Gasteiger partial charge in [0.15, 0.2) is 0 Å². The van der Waals surface area contributed by atoms with E-state index in [4.69, 9.17) is 5.73 Å². The smallest absolute Gasteiger partial charge is 0.290 e. The molecule has 0 saturated heterocycles. The highest BCUT2D eigenvalue weighted by Gasteiger charge is 2.06. The highest BCUT2D eigenvalue weighted by Crippen LogP contribution is 2.16. The minimum Gasteiger partial charge on any atom is -0.325 e. The molecule has 6 heteroatoms. The molecule has 0 saturated carbocycles. The Balaban J connectivity index is 2.92. The van der Waals surface area contributed by atoms with Crippen LogP contribution in [0.25, 0.3) is 10.9 Å². The molecule has 2 heterocycles. The third-order valence-electron chi connectivity index (χ3n) is 1.87. The summed E-state index contributed by atoms with van der Waals surface area (Å²) in [5, 5.41) is 6.88. The summed E-state index contributed by atoms with van der Waals surface area (Å²) in [5.41, 5.74) is 6.18. The van der Waals surface area contributed by atoms with Crippen molar-refractivity contribution < 1.29 is 0 Å². The van der Waals surface area contributed by atoms with Crippen LogP contribution in [-0.2, 0) is 6.54 Å². The van der Waals surface area contributed by atoms with Crippen molar-refractivity contribution in [2.24, 2.45) is 5.73 Å². The molecule has 0 aliphatic heterocycles. The van der Waals surface area contributed by atoms with Crippen molar-refractivity contribution >= 4 is 26.8 Å². The molecular formula is C8H7BrN4O. The zero-order valence-electron chi connectivity index (χ0n) is 7.12. The zero-order valence-corrected chi connectivity index (χ0v) is 8.71. The summed E-state index contributed by atoms with van der Waals surface area (Å²) in [6, 6.07) is 1.78. The van der Waals surface area contributed by atoms with Crippen LogP contribution in [0.2, 0.25) is 0 Å². The summed E-state index contributed by atoms with van der Waals surface area (Å²) in [4.78, 5) is 15.3. The molecule has 3 N–H and O–H groups in total. The Labute approximate surface area is 87.5 Å². The Hall–Kier alpha value is -1.27. The molecule has 0 spiro atoms. The van der Waals surface area contributed by atoms with Gasteiger partial charge in [-0.3, -0.25) is 4.79 Å². The third-order valence-corrected chi connectivity index (χ3v) is 2.30. The van der Waals surface area contributed by atoms with Crippen molar-refractivity contribution in [3.8, 4) is 0 Å². The summed E-state index contributed by atoms with van der Waals surface area (Å²) in [6.07, 6.45) is 1.57. The molecule has 2 rings (SSSR count). The molecule has 14 heavy (non-hydrogen) atoms. The second-order valence-corrected chi connectivity index (χ2v) is 3.67. The SMILES string of the molecule is NCc1n[nH]c(=O)c2ncc(Br)cc12. The van der Waals surface area contributed by atoms with Crippen LogP contribution in [0.3, 0.4) is 0 Å². The van der Waals surface area contributed by atoms with E-state index in [1.54, 1.807) is 12.3 Å². The van der Waals surface area contributed by atoms with E-state index < -0.39 is 0 Å². The fourth-order valence-electron chi connectivity index (χ4n) is 1.23. The summed E-state index contributed by atoms with van der Waals surface area (Å²) in [5.74, 6) is 0. The van der Waals surface area contributed by atoms with Crippen LogP contribution in [0, 0.1) is 0 Å². The van der Waals surface area contributed by atoms with E-state index in [-0.39, 0.29) is 12.1 Å². The number of H-pyrrole nitrogens is 1. The molecule has 0 amide bonds. The second-order valence-electron chi connectivity index (χ2n) is 2.75. The number of aromatic nitrogens is 3. The first kappa shape index (κ1) is 9.29. The van der Waals surface area contributed by atoms with Crippen LogP contribution < -0.4 is 11.3 Å². The number of fused-ring (bicyclic) bond motifs is 1. The highest BCUT2D eigenvalue weighted by atomic mass is 79.9. The predicted molar refractivity (Wildman–Crippen MR) is 55.8 cm³/mol. The number of aromatic amines is 1. The van der Waals surface area contributed by atoms with Crippen molar-refractivity contribution in [1.82, 2.24) is 15.2 Å². The topological polar surface area (TPSA) is 84.7 Å². The number of nitrogens with zero attached hydrogens (tertiary/aromatic N) is 2. The lowest BCUT2D eigenvalue weighted by Crippen LogP contribution is -2.14. The normalized spacial score (nSPS) is 10.7. The molecule has 0 unspecified atom stereocenters. The molecule has 0 bridgehead atoms. The van der Waals surface area contributed by atoms with Gasteiger partial charge >= 0.3 is 0 Å². The first-order valence-electron chi connectivity index (χ1n) is 3.95. The first-order chi connectivity index (χ1) is 6.72. The van der Waals surface area contributed by atoms with Gasteiger partial charge in [0.1, 0.15) is 5.52 Å². The van der Waals surface area contributed by atoms with Gasteiger partial charge < -0.3 is 5.73 Å². The number of hydrogen-bond donors (Lipinski definition) is 2. The molecule has 0 atom stereocenters. The van der Waals surface area contributed by atoms with Crippen LogP contribution >= 0.6 is 15.9 Å². The lowest BCUT2D eigenvalue weighted by molar-refractivity contribution is 0.896. The minimum absolute atomic E-state index is 0.269. The Bertz CT molecular complexity index is 536. The van der Waals surface area contributed by atoms with Gasteiger partial charge in [-0.1, -0.05) is 0 Å². The third kappa shape index (κ3) is 1.42. The highest BCUT2D eigenvalue weighted by molar-refractivity contribution is 9.10. The maximum Gasteiger partial charge on any atom is 0.290 e. The van der Waals surface area contributed by atoms with Crippen molar-refractivity contribution in [3.05, 3.63) is 32.8 Å². The van der Waals surface area contributed by atoms with Crippen molar-refractivity contribution in [2.75, 3.05) is 0 Å². The van der Waals surface area contributed by atoms with Gasteiger partial charge in [-0.25, -0.2) is 10.1 Å². The van der Waals surface area contributed by atoms with Gasteiger partial charge in [-0.05, 0) is 22.0 Å². The van der Waals surface area contributed by atoms with Gasteiger partial charge in [0.2, 0.25) is 0 Å². The largest absolute Gasteiger partial charge is 0.325 e. The van der Waals surface area contributed by atoms with E-state index >= 15 is 0 Å². The van der Waals surface area contributed by atoms with Crippen LogP contribution in [0.5, 0.6) is 0 Å². The molecular weight excluding hydrogens is 248 g/mol. The number of hydrogen-bond acceptors (Lipinski definition) is 4. The molecule has 0 fully saturated rings. The molecule has 0 radical (unpaired) electrons. The molecule has 2 aromatic heterocycles. The molecule has 5 nitrogen and oxygen atoms in total. The van der Waals surface area contributed by atoms with Crippen LogP contribution in [0.4, 0.5) is 0 Å². The summed E-state index contributed by atoms with van der Waals surface area (Å²) in [6.45, 7) is 0.269.